The van der Waals surface area contributed by atoms with Gasteiger partial charge in [0.15, 0.2) is 9.76 Å². The number of hydrogen-bond donors (Lipinski definition) is 1. The van der Waals surface area contributed by atoms with Crippen molar-refractivity contribution in [3.63, 3.8) is 0 Å². The largest absolute Gasteiger partial charge is 0.422 e. The molecule has 0 aromatic heterocycles. The third-order valence-corrected chi connectivity index (χ3v) is 2.75. The first-order valence-corrected chi connectivity index (χ1v) is 5.66. The highest BCUT2D eigenvalue weighted by atomic mass is 28.2. The molecule has 66 valence electrons. The maximum Gasteiger partial charge on any atom is 0.181 e. The molecule has 0 aliphatic carbocycles. The van der Waals surface area contributed by atoms with Crippen molar-refractivity contribution >= 4 is 9.76 Å². The van der Waals surface area contributed by atoms with Crippen LogP contribution in [0.5, 0.6) is 0 Å². The molecule has 0 fully saturated rings. The second kappa shape index (κ2) is 7.98. The molecule has 0 aliphatic heterocycles. The summed E-state index contributed by atoms with van der Waals surface area (Å²) in [4.78, 5) is 0. The molecule has 3 heteroatoms. The predicted octanol–water partition coefficient (Wildman–Crippen LogP) is 0.748. The Labute approximate surface area is 71.8 Å². The van der Waals surface area contributed by atoms with Gasteiger partial charge in [0.1, 0.15) is 0 Å². The van der Waals surface area contributed by atoms with Crippen LogP contribution < -0.4 is 5.73 Å². The summed E-state index contributed by atoms with van der Waals surface area (Å²) in [5.41, 5.74) is 5.74. The van der Waals surface area contributed by atoms with Crippen molar-refractivity contribution in [3.8, 4) is 0 Å². The Morgan fingerprint density at radius 3 is 2.91 bits per heavy atom. The average molecular weight is 173 g/mol. The van der Waals surface area contributed by atoms with Gasteiger partial charge >= 0.3 is 0 Å². The number of nitrogens with two attached hydrogens (primary N) is 1. The number of rotatable bonds is 7. The van der Waals surface area contributed by atoms with Gasteiger partial charge in [0.2, 0.25) is 0 Å². The first-order valence-electron chi connectivity index (χ1n) is 4.27. The molecule has 0 aliphatic rings. The summed E-state index contributed by atoms with van der Waals surface area (Å²) in [6.07, 6.45) is 5.45. The summed E-state index contributed by atoms with van der Waals surface area (Å²) in [6, 6.07) is 0. The van der Waals surface area contributed by atoms with Crippen molar-refractivity contribution in [2.24, 2.45) is 5.73 Å². The van der Waals surface area contributed by atoms with E-state index in [1.807, 2.05) is 0 Å². The fourth-order valence-corrected chi connectivity index (χ4v) is 1.52. The van der Waals surface area contributed by atoms with Crippen LogP contribution in [0.2, 0.25) is 0 Å². The molecule has 0 saturated heterocycles. The van der Waals surface area contributed by atoms with E-state index in [1.54, 1.807) is 6.08 Å². The smallest absolute Gasteiger partial charge is 0.181 e. The van der Waals surface area contributed by atoms with Gasteiger partial charge in [-0.3, -0.25) is 0 Å². The maximum absolute atomic E-state index is 5.61. The minimum absolute atomic E-state index is 0.136. The molecule has 0 heterocycles. The van der Waals surface area contributed by atoms with Crippen LogP contribution in [0.3, 0.4) is 0 Å². The van der Waals surface area contributed by atoms with Crippen molar-refractivity contribution in [2.75, 3.05) is 6.61 Å². The molecule has 0 aromatic carbocycles. The first kappa shape index (κ1) is 10.9. The lowest BCUT2D eigenvalue weighted by atomic mass is 10.3. The van der Waals surface area contributed by atoms with E-state index in [0.717, 1.165) is 6.61 Å². The minimum Gasteiger partial charge on any atom is -0.422 e. The first-order chi connectivity index (χ1) is 5.31. The fourth-order valence-electron chi connectivity index (χ4n) is 0.742. The highest BCUT2D eigenvalue weighted by Crippen LogP contribution is 1.93. The van der Waals surface area contributed by atoms with Crippen molar-refractivity contribution in [1.82, 2.24) is 0 Å². The lowest BCUT2D eigenvalue weighted by Crippen LogP contribution is -2.27. The topological polar surface area (TPSA) is 35.2 Å². The quantitative estimate of drug-likeness (QED) is 0.350. The maximum atomic E-state index is 5.61. The fraction of sp³-hybridized carbons (Fsp3) is 0.750. The Bertz CT molecular complexity index is 98.1. The van der Waals surface area contributed by atoms with E-state index in [-0.39, 0.29) is 5.67 Å². The second-order valence-electron chi connectivity index (χ2n) is 2.68. The molecule has 0 bridgehead atoms. The summed E-state index contributed by atoms with van der Waals surface area (Å²) >= 11 is 0. The third-order valence-electron chi connectivity index (χ3n) is 1.51. The van der Waals surface area contributed by atoms with Gasteiger partial charge in [-0.05, 0) is 6.42 Å². The third kappa shape index (κ3) is 7.78. The van der Waals surface area contributed by atoms with Crippen molar-refractivity contribution in [1.29, 1.82) is 0 Å². The molecule has 0 spiro atoms. The second-order valence-corrected chi connectivity index (χ2v) is 4.37. The van der Waals surface area contributed by atoms with E-state index in [2.05, 4.69) is 13.5 Å². The van der Waals surface area contributed by atoms with Gasteiger partial charge in [-0.2, -0.15) is 0 Å². The Kier molecular flexibility index (Phi) is 7.89. The standard InChI is InChI=1S/C8H19NOSi/c1-3-5-6-7-10-11-8(9)4-2/h4,8H,2-3,5-7,9,11H2,1H3. The van der Waals surface area contributed by atoms with Gasteiger partial charge in [0.05, 0.1) is 0 Å². The molecule has 1 unspecified atom stereocenters. The van der Waals surface area contributed by atoms with E-state index < -0.39 is 9.76 Å². The molecular formula is C8H19NOSi. The molecule has 0 amide bonds. The summed E-state index contributed by atoms with van der Waals surface area (Å²) in [6.45, 7) is 6.68. The molecule has 2 nitrogen and oxygen atoms in total. The van der Waals surface area contributed by atoms with Crippen LogP contribution >= 0.6 is 0 Å². The SMILES string of the molecule is C=CC(N)[SiH2]OCCCCC. The monoisotopic (exact) mass is 173 g/mol. The predicted molar refractivity (Wildman–Crippen MR) is 52.2 cm³/mol. The van der Waals surface area contributed by atoms with Crippen LogP contribution in [0.4, 0.5) is 0 Å². The Morgan fingerprint density at radius 1 is 1.64 bits per heavy atom. The molecule has 0 rings (SSSR count). The number of unbranched alkanes of at least 4 members (excludes halogenated alkanes) is 2. The average Bonchev–Trinajstić information content (AvgIpc) is 2.04. The molecule has 11 heavy (non-hydrogen) atoms. The van der Waals surface area contributed by atoms with Crippen molar-refractivity contribution in [2.45, 2.75) is 31.9 Å². The zero-order valence-electron chi connectivity index (χ0n) is 7.38. The van der Waals surface area contributed by atoms with E-state index in [1.165, 1.54) is 19.3 Å². The van der Waals surface area contributed by atoms with E-state index in [4.69, 9.17) is 10.2 Å². The van der Waals surface area contributed by atoms with E-state index >= 15 is 0 Å². The Hall–Kier alpha value is -0.123. The van der Waals surface area contributed by atoms with Crippen LogP contribution in [0.15, 0.2) is 12.7 Å². The summed E-state index contributed by atoms with van der Waals surface area (Å²) < 4.78 is 5.43. The molecule has 0 saturated carbocycles. The van der Waals surface area contributed by atoms with Gasteiger partial charge in [-0.15, -0.1) is 6.58 Å². The van der Waals surface area contributed by atoms with Crippen molar-refractivity contribution in [3.05, 3.63) is 12.7 Å². The van der Waals surface area contributed by atoms with Crippen molar-refractivity contribution < 1.29 is 4.43 Å². The van der Waals surface area contributed by atoms with Gasteiger partial charge in [0, 0.05) is 12.3 Å². The van der Waals surface area contributed by atoms with Gasteiger partial charge < -0.3 is 10.2 Å². The molecular weight excluding hydrogens is 154 g/mol. The minimum atomic E-state index is -0.533. The highest BCUT2D eigenvalue weighted by Gasteiger charge is 1.96. The molecule has 1 atom stereocenters. The summed E-state index contributed by atoms with van der Waals surface area (Å²) in [5.74, 6) is 0. The molecule has 0 radical (unpaired) electrons. The van der Waals surface area contributed by atoms with Gasteiger partial charge in [0.25, 0.3) is 0 Å². The Balaban J connectivity index is 2.95. The Morgan fingerprint density at radius 2 is 2.36 bits per heavy atom. The van der Waals surface area contributed by atoms with Gasteiger partial charge in [-0.1, -0.05) is 25.8 Å². The van der Waals surface area contributed by atoms with Crippen LogP contribution in [-0.4, -0.2) is 22.0 Å². The van der Waals surface area contributed by atoms with E-state index in [0.29, 0.717) is 0 Å². The lowest BCUT2D eigenvalue weighted by Gasteiger charge is -2.05. The molecule has 0 aromatic rings. The normalized spacial score (nSPS) is 14.0. The van der Waals surface area contributed by atoms with Crippen LogP contribution in [-0.2, 0) is 4.43 Å². The van der Waals surface area contributed by atoms with Crippen LogP contribution in [0.1, 0.15) is 26.2 Å². The highest BCUT2D eigenvalue weighted by molar-refractivity contribution is 6.30. The number of hydrogen-bond acceptors (Lipinski definition) is 2. The van der Waals surface area contributed by atoms with Crippen LogP contribution in [0, 0.1) is 0 Å². The van der Waals surface area contributed by atoms with Gasteiger partial charge in [-0.25, -0.2) is 0 Å². The molecule has 2 N–H and O–H groups in total. The lowest BCUT2D eigenvalue weighted by molar-refractivity contribution is 0.320. The van der Waals surface area contributed by atoms with E-state index in [9.17, 15) is 0 Å². The summed E-state index contributed by atoms with van der Waals surface area (Å²) in [7, 11) is -0.533. The zero-order valence-corrected chi connectivity index (χ0v) is 8.80. The zero-order chi connectivity index (χ0) is 8.53. The summed E-state index contributed by atoms with van der Waals surface area (Å²) in [5, 5.41) is 0. The van der Waals surface area contributed by atoms with Crippen LogP contribution in [0.25, 0.3) is 0 Å².